The number of ether oxygens (including phenoxy) is 1. The van der Waals surface area contributed by atoms with Crippen LogP contribution in [0, 0.1) is 5.82 Å². The summed E-state index contributed by atoms with van der Waals surface area (Å²) in [5.41, 5.74) is 1.70. The number of likely N-dealkylation sites (N-methyl/N-ethyl adjacent to an activating group) is 1. The highest BCUT2D eigenvalue weighted by atomic mass is 19.1. The Bertz CT molecular complexity index is 647. The average Bonchev–Trinajstić information content (AvgIpc) is 2.56. The average molecular weight is 316 g/mol. The summed E-state index contributed by atoms with van der Waals surface area (Å²) in [6.07, 6.45) is 4.38. The van der Waals surface area contributed by atoms with E-state index in [2.05, 4.69) is 4.98 Å². The number of hydrogen-bond donors (Lipinski definition) is 0. The molecule has 2 rings (SSSR count). The van der Waals surface area contributed by atoms with Gasteiger partial charge in [0.15, 0.2) is 0 Å². The van der Waals surface area contributed by atoms with E-state index in [-0.39, 0.29) is 18.1 Å². The molecule has 0 atom stereocenters. The molecule has 1 heterocycles. The SMILES string of the molecule is CCN(CCc1ccncc1)C(=O)Cc1cc(F)ccc1OC. The second-order valence-electron chi connectivity index (χ2n) is 5.21. The third-order valence-corrected chi connectivity index (χ3v) is 3.74. The minimum atomic E-state index is -0.367. The Labute approximate surface area is 135 Å². The molecule has 0 aliphatic heterocycles. The summed E-state index contributed by atoms with van der Waals surface area (Å²) >= 11 is 0. The molecule has 0 fully saturated rings. The molecule has 0 saturated carbocycles. The number of halogens is 1. The van der Waals surface area contributed by atoms with Gasteiger partial charge in [-0.15, -0.1) is 0 Å². The Kier molecular flexibility index (Phi) is 6.09. The van der Waals surface area contributed by atoms with Gasteiger partial charge in [0.05, 0.1) is 13.5 Å². The molecule has 0 unspecified atom stereocenters. The van der Waals surface area contributed by atoms with Gasteiger partial charge in [0.2, 0.25) is 5.91 Å². The lowest BCUT2D eigenvalue weighted by molar-refractivity contribution is -0.130. The van der Waals surface area contributed by atoms with Gasteiger partial charge in [0.25, 0.3) is 0 Å². The number of carbonyl (C=O) groups is 1. The smallest absolute Gasteiger partial charge is 0.227 e. The van der Waals surface area contributed by atoms with Crippen molar-refractivity contribution in [3.05, 3.63) is 59.7 Å². The van der Waals surface area contributed by atoms with Gasteiger partial charge in [-0.25, -0.2) is 4.39 Å². The van der Waals surface area contributed by atoms with E-state index in [1.54, 1.807) is 23.4 Å². The maximum Gasteiger partial charge on any atom is 0.227 e. The van der Waals surface area contributed by atoms with E-state index in [0.29, 0.717) is 24.4 Å². The zero-order valence-corrected chi connectivity index (χ0v) is 13.5. The van der Waals surface area contributed by atoms with Crippen LogP contribution in [0.2, 0.25) is 0 Å². The zero-order valence-electron chi connectivity index (χ0n) is 13.5. The van der Waals surface area contributed by atoms with Crippen molar-refractivity contribution in [1.29, 1.82) is 0 Å². The topological polar surface area (TPSA) is 42.4 Å². The first kappa shape index (κ1) is 16.9. The molecule has 23 heavy (non-hydrogen) atoms. The van der Waals surface area contributed by atoms with Gasteiger partial charge in [-0.2, -0.15) is 0 Å². The second kappa shape index (κ2) is 8.27. The van der Waals surface area contributed by atoms with Crippen LogP contribution in [0.5, 0.6) is 5.75 Å². The summed E-state index contributed by atoms with van der Waals surface area (Å²) in [4.78, 5) is 18.2. The van der Waals surface area contributed by atoms with Crippen LogP contribution in [0.4, 0.5) is 4.39 Å². The van der Waals surface area contributed by atoms with Crippen LogP contribution in [-0.2, 0) is 17.6 Å². The fraction of sp³-hybridized carbons (Fsp3) is 0.333. The highest BCUT2D eigenvalue weighted by Gasteiger charge is 2.15. The van der Waals surface area contributed by atoms with Crippen LogP contribution in [0.3, 0.4) is 0 Å². The molecule has 2 aromatic rings. The number of rotatable bonds is 7. The molecule has 0 N–H and O–H groups in total. The molecule has 0 saturated heterocycles. The molecule has 4 nitrogen and oxygen atoms in total. The molecule has 1 amide bonds. The lowest BCUT2D eigenvalue weighted by Gasteiger charge is -2.21. The van der Waals surface area contributed by atoms with Crippen molar-refractivity contribution in [3.8, 4) is 5.75 Å². The Morgan fingerprint density at radius 1 is 1.26 bits per heavy atom. The van der Waals surface area contributed by atoms with Crippen LogP contribution >= 0.6 is 0 Å². The number of aromatic nitrogens is 1. The molecule has 5 heteroatoms. The Morgan fingerprint density at radius 3 is 2.65 bits per heavy atom. The maximum atomic E-state index is 13.4. The van der Waals surface area contributed by atoms with E-state index < -0.39 is 0 Å². The van der Waals surface area contributed by atoms with Gasteiger partial charge in [0, 0.05) is 31.0 Å². The van der Waals surface area contributed by atoms with Crippen LogP contribution in [0.15, 0.2) is 42.7 Å². The first-order valence-corrected chi connectivity index (χ1v) is 7.63. The van der Waals surface area contributed by atoms with Gasteiger partial charge in [0.1, 0.15) is 11.6 Å². The summed E-state index contributed by atoms with van der Waals surface area (Å²) < 4.78 is 18.6. The van der Waals surface area contributed by atoms with Crippen LogP contribution < -0.4 is 4.74 Å². The lowest BCUT2D eigenvalue weighted by atomic mass is 10.1. The predicted molar refractivity (Wildman–Crippen MR) is 86.9 cm³/mol. The standard InChI is InChI=1S/C18H21FN2O2/c1-3-21(11-8-14-6-9-20-10-7-14)18(22)13-15-12-16(19)4-5-17(15)23-2/h4-7,9-10,12H,3,8,11,13H2,1-2H3. The molecular formula is C18H21FN2O2. The first-order valence-electron chi connectivity index (χ1n) is 7.63. The largest absolute Gasteiger partial charge is 0.496 e. The van der Waals surface area contributed by atoms with E-state index in [4.69, 9.17) is 4.74 Å². The molecule has 122 valence electrons. The van der Waals surface area contributed by atoms with E-state index in [1.807, 2.05) is 19.1 Å². The van der Waals surface area contributed by atoms with Crippen molar-refractivity contribution in [1.82, 2.24) is 9.88 Å². The van der Waals surface area contributed by atoms with Crippen molar-refractivity contribution in [3.63, 3.8) is 0 Å². The molecule has 0 spiro atoms. The third kappa shape index (κ3) is 4.77. The highest BCUT2D eigenvalue weighted by molar-refractivity contribution is 5.79. The molecule has 0 radical (unpaired) electrons. The summed E-state index contributed by atoms with van der Waals surface area (Å²) in [7, 11) is 1.52. The first-order chi connectivity index (χ1) is 11.1. The van der Waals surface area contributed by atoms with E-state index in [9.17, 15) is 9.18 Å². The second-order valence-corrected chi connectivity index (χ2v) is 5.21. The number of pyridine rings is 1. The Balaban J connectivity index is 2.01. The van der Waals surface area contributed by atoms with Gasteiger partial charge < -0.3 is 9.64 Å². The number of carbonyl (C=O) groups excluding carboxylic acids is 1. The zero-order chi connectivity index (χ0) is 16.7. The summed E-state index contributed by atoms with van der Waals surface area (Å²) in [5.74, 6) is 0.129. The lowest BCUT2D eigenvalue weighted by Crippen LogP contribution is -2.34. The molecule has 0 aliphatic rings. The van der Waals surface area contributed by atoms with Crippen molar-refractivity contribution in [2.45, 2.75) is 19.8 Å². The van der Waals surface area contributed by atoms with Gasteiger partial charge in [-0.05, 0) is 49.2 Å². The van der Waals surface area contributed by atoms with E-state index in [1.165, 1.54) is 19.2 Å². The fourth-order valence-corrected chi connectivity index (χ4v) is 2.43. The maximum absolute atomic E-state index is 13.4. The number of nitrogens with zero attached hydrogens (tertiary/aromatic N) is 2. The predicted octanol–water partition coefficient (Wildman–Crippen LogP) is 2.86. The quantitative estimate of drug-likeness (QED) is 0.789. The van der Waals surface area contributed by atoms with Crippen molar-refractivity contribution in [2.75, 3.05) is 20.2 Å². The number of methoxy groups -OCH3 is 1. The van der Waals surface area contributed by atoms with E-state index >= 15 is 0 Å². The van der Waals surface area contributed by atoms with Gasteiger partial charge in [-0.3, -0.25) is 9.78 Å². The molecule has 0 bridgehead atoms. The summed E-state index contributed by atoms with van der Waals surface area (Å²) in [6.45, 7) is 3.17. The number of amides is 1. The van der Waals surface area contributed by atoms with Crippen LogP contribution in [0.25, 0.3) is 0 Å². The van der Waals surface area contributed by atoms with Crippen molar-refractivity contribution < 1.29 is 13.9 Å². The fourth-order valence-electron chi connectivity index (χ4n) is 2.43. The minimum absolute atomic E-state index is 0.0366. The molecule has 1 aromatic heterocycles. The number of benzene rings is 1. The van der Waals surface area contributed by atoms with Crippen LogP contribution in [-0.4, -0.2) is 36.0 Å². The Hall–Kier alpha value is -2.43. The monoisotopic (exact) mass is 316 g/mol. The van der Waals surface area contributed by atoms with Crippen molar-refractivity contribution >= 4 is 5.91 Å². The summed E-state index contributed by atoms with van der Waals surface area (Å²) in [6, 6.07) is 8.11. The molecular weight excluding hydrogens is 295 g/mol. The molecule has 0 aliphatic carbocycles. The van der Waals surface area contributed by atoms with Crippen LogP contribution in [0.1, 0.15) is 18.1 Å². The summed E-state index contributed by atoms with van der Waals surface area (Å²) in [5, 5.41) is 0. The van der Waals surface area contributed by atoms with E-state index in [0.717, 1.165) is 12.0 Å². The number of hydrogen-bond acceptors (Lipinski definition) is 3. The van der Waals surface area contributed by atoms with Crippen molar-refractivity contribution in [2.24, 2.45) is 0 Å². The van der Waals surface area contributed by atoms with Gasteiger partial charge in [-0.1, -0.05) is 0 Å². The normalized spacial score (nSPS) is 10.4. The highest BCUT2D eigenvalue weighted by Crippen LogP contribution is 2.20. The minimum Gasteiger partial charge on any atom is -0.496 e. The third-order valence-electron chi connectivity index (χ3n) is 3.74. The Morgan fingerprint density at radius 2 is 2.00 bits per heavy atom. The molecule has 1 aromatic carbocycles. The van der Waals surface area contributed by atoms with Gasteiger partial charge >= 0.3 is 0 Å².